The molecule has 0 bridgehead atoms. The van der Waals surface area contributed by atoms with E-state index in [0.29, 0.717) is 10.6 Å². The highest BCUT2D eigenvalue weighted by Gasteiger charge is 2.36. The number of hydrogen-bond donors (Lipinski definition) is 1. The molecule has 2 heterocycles. The van der Waals surface area contributed by atoms with Crippen LogP contribution >= 0.6 is 11.6 Å². The molecule has 0 aliphatic rings. The summed E-state index contributed by atoms with van der Waals surface area (Å²) < 4.78 is 48.6. The van der Waals surface area contributed by atoms with E-state index in [1.807, 2.05) is 30.3 Å². The van der Waals surface area contributed by atoms with Crippen molar-refractivity contribution >= 4 is 28.5 Å². The minimum absolute atomic E-state index is 0.0298. The number of nitrogens with one attached hydrogen (secondary N) is 1. The van der Waals surface area contributed by atoms with Gasteiger partial charge in [-0.25, -0.2) is 4.68 Å². The van der Waals surface area contributed by atoms with Crippen molar-refractivity contribution in [3.8, 4) is 17.1 Å². The van der Waals surface area contributed by atoms with Crippen molar-refractivity contribution in [3.63, 3.8) is 0 Å². The molecule has 4 rings (SSSR count). The van der Waals surface area contributed by atoms with Crippen LogP contribution in [0.15, 0.2) is 60.7 Å². The normalized spacial score (nSPS) is 12.5. The summed E-state index contributed by atoms with van der Waals surface area (Å²) in [5.41, 5.74) is 0.416. The molecule has 0 fully saturated rings. The van der Waals surface area contributed by atoms with E-state index in [0.717, 1.165) is 11.6 Å². The first kappa shape index (κ1) is 23.6. The minimum Gasteiger partial charge on any atom is -0.467 e. The Hall–Kier alpha value is -3.59. The Bertz CT molecular complexity index is 1340. The average Bonchev–Trinajstić information content (AvgIpc) is 3.13. The van der Waals surface area contributed by atoms with E-state index in [2.05, 4.69) is 15.4 Å². The van der Waals surface area contributed by atoms with Crippen molar-refractivity contribution in [3.05, 3.63) is 76.8 Å². The van der Waals surface area contributed by atoms with Gasteiger partial charge >= 0.3 is 6.18 Å². The lowest BCUT2D eigenvalue weighted by atomic mass is 10.0. The van der Waals surface area contributed by atoms with E-state index in [1.54, 1.807) is 25.1 Å². The number of aromatic nitrogens is 3. The molecule has 2 aromatic heterocycles. The molecule has 1 N–H and O–H groups in total. The fraction of sp³-hybridized carbons (Fsp3) is 0.208. The zero-order valence-corrected chi connectivity index (χ0v) is 19.0. The van der Waals surface area contributed by atoms with Gasteiger partial charge in [-0.3, -0.25) is 4.79 Å². The van der Waals surface area contributed by atoms with Gasteiger partial charge < -0.3 is 10.1 Å². The molecule has 0 spiro atoms. The summed E-state index contributed by atoms with van der Waals surface area (Å²) in [4.78, 5) is 16.5. The van der Waals surface area contributed by atoms with Crippen molar-refractivity contribution < 1.29 is 22.7 Å². The third kappa shape index (κ3) is 4.99. The van der Waals surface area contributed by atoms with E-state index < -0.39 is 24.3 Å². The quantitative estimate of drug-likeness (QED) is 0.385. The largest absolute Gasteiger partial charge is 0.467 e. The monoisotopic (exact) mass is 488 g/mol. The molecular weight excluding hydrogens is 469 g/mol. The molecule has 0 aliphatic heterocycles. The zero-order valence-electron chi connectivity index (χ0n) is 18.2. The highest BCUT2D eigenvalue weighted by atomic mass is 35.5. The molecule has 0 saturated heterocycles. The number of fused-ring (bicyclic) bond motifs is 1. The Labute approximate surface area is 198 Å². The number of carbonyl (C=O) groups excluding carboxylic acids is 1. The maximum atomic E-state index is 14.0. The van der Waals surface area contributed by atoms with Gasteiger partial charge in [-0.2, -0.15) is 23.3 Å². The molecule has 2 aromatic carbocycles. The first-order valence-electron chi connectivity index (χ1n) is 10.3. The maximum absolute atomic E-state index is 14.0. The summed E-state index contributed by atoms with van der Waals surface area (Å²) in [6.45, 7) is 1.30. The highest BCUT2D eigenvalue weighted by molar-refractivity contribution is 6.30. The third-order valence-corrected chi connectivity index (χ3v) is 5.44. The molecule has 6 nitrogen and oxygen atoms in total. The molecule has 0 radical (unpaired) electrons. The summed E-state index contributed by atoms with van der Waals surface area (Å²) >= 11 is 6.02. The van der Waals surface area contributed by atoms with Crippen molar-refractivity contribution in [1.82, 2.24) is 20.1 Å². The molecular formula is C24H20ClF3N4O2. The van der Waals surface area contributed by atoms with Crippen LogP contribution in [0.5, 0.6) is 5.88 Å². The number of alkyl halides is 3. The number of pyridine rings is 1. The molecule has 1 atom stereocenters. The molecule has 0 aliphatic carbocycles. The molecule has 10 heteroatoms. The fourth-order valence-electron chi connectivity index (χ4n) is 3.61. The van der Waals surface area contributed by atoms with Crippen molar-refractivity contribution in [2.24, 2.45) is 7.05 Å². The van der Waals surface area contributed by atoms with Crippen LogP contribution in [-0.4, -0.2) is 27.3 Å². The van der Waals surface area contributed by atoms with Gasteiger partial charge in [-0.15, -0.1) is 0 Å². The number of amides is 1. The minimum atomic E-state index is -4.71. The van der Waals surface area contributed by atoms with Gasteiger partial charge in [-0.05, 0) is 24.6 Å². The van der Waals surface area contributed by atoms with Crippen molar-refractivity contribution in [2.45, 2.75) is 19.1 Å². The van der Waals surface area contributed by atoms with E-state index >= 15 is 0 Å². The van der Waals surface area contributed by atoms with Gasteiger partial charge in [0, 0.05) is 23.7 Å². The molecule has 0 saturated carbocycles. The average molecular weight is 489 g/mol. The summed E-state index contributed by atoms with van der Waals surface area (Å²) in [7, 11) is 1.49. The number of carbonyl (C=O) groups is 1. The maximum Gasteiger partial charge on any atom is 0.417 e. The van der Waals surface area contributed by atoms with E-state index in [4.69, 9.17) is 16.3 Å². The highest BCUT2D eigenvalue weighted by Crippen LogP contribution is 2.40. The number of nitrogens with zero attached hydrogens (tertiary/aromatic N) is 3. The van der Waals surface area contributed by atoms with Crippen molar-refractivity contribution in [1.29, 1.82) is 0 Å². The zero-order chi connectivity index (χ0) is 24.5. The topological polar surface area (TPSA) is 69.0 Å². The lowest BCUT2D eigenvalue weighted by molar-refractivity contribution is -0.136. The Balaban J connectivity index is 1.63. The second-order valence-corrected chi connectivity index (χ2v) is 8.11. The fourth-order valence-corrected chi connectivity index (χ4v) is 3.80. The third-order valence-electron chi connectivity index (χ3n) is 5.20. The van der Waals surface area contributed by atoms with Gasteiger partial charge in [-0.1, -0.05) is 54.1 Å². The molecule has 4 aromatic rings. The summed E-state index contributed by atoms with van der Waals surface area (Å²) in [5.74, 6) is -0.820. The number of benzene rings is 2. The van der Waals surface area contributed by atoms with E-state index in [9.17, 15) is 18.0 Å². The van der Waals surface area contributed by atoms with Crippen LogP contribution in [-0.2, 0) is 18.0 Å². The lowest BCUT2D eigenvalue weighted by Crippen LogP contribution is -2.31. The van der Waals surface area contributed by atoms with E-state index in [1.165, 1.54) is 17.8 Å². The Morgan fingerprint density at radius 2 is 1.88 bits per heavy atom. The molecule has 0 unspecified atom stereocenters. The van der Waals surface area contributed by atoms with Crippen LogP contribution in [0.25, 0.3) is 22.3 Å². The standard InChI is InChI=1S/C24H20ClF3N4O2/c1-14(15-7-4-3-5-8-15)29-19(33)13-34-20-12-18(24(26,27)28)21-22(31-32(2)23(21)30-20)16-9-6-10-17(25)11-16/h3-12,14H,13H2,1-2H3,(H,29,33)/t14-/m0/s1. The Morgan fingerprint density at radius 1 is 1.15 bits per heavy atom. The summed E-state index contributed by atoms with van der Waals surface area (Å²) in [6.07, 6.45) is -4.71. The number of hydrogen-bond acceptors (Lipinski definition) is 4. The van der Waals surface area contributed by atoms with Gasteiger partial charge in [0.05, 0.1) is 17.0 Å². The lowest BCUT2D eigenvalue weighted by Gasteiger charge is -2.15. The number of aryl methyl sites for hydroxylation is 1. The van der Waals surface area contributed by atoms with Crippen LogP contribution < -0.4 is 10.1 Å². The van der Waals surface area contributed by atoms with Crippen molar-refractivity contribution in [2.75, 3.05) is 6.61 Å². The summed E-state index contributed by atoms with van der Waals surface area (Å²) in [5, 5.41) is 7.19. The number of rotatable bonds is 6. The Morgan fingerprint density at radius 3 is 2.56 bits per heavy atom. The first-order valence-corrected chi connectivity index (χ1v) is 10.7. The SMILES string of the molecule is C[C@H](NC(=O)COc1cc(C(F)(F)F)c2c(-c3cccc(Cl)c3)nn(C)c2n1)c1ccccc1. The second kappa shape index (κ2) is 9.34. The molecule has 34 heavy (non-hydrogen) atoms. The van der Waals surface area contributed by atoms with Crippen LogP contribution in [0.2, 0.25) is 5.02 Å². The predicted octanol–water partition coefficient (Wildman–Crippen LogP) is 5.56. The molecule has 1 amide bonds. The van der Waals surface area contributed by atoms with Crippen LogP contribution in [0.1, 0.15) is 24.1 Å². The van der Waals surface area contributed by atoms with Crippen LogP contribution in [0.4, 0.5) is 13.2 Å². The predicted molar refractivity (Wildman–Crippen MR) is 122 cm³/mol. The van der Waals surface area contributed by atoms with Gasteiger partial charge in [0.2, 0.25) is 5.88 Å². The van der Waals surface area contributed by atoms with Gasteiger partial charge in [0.1, 0.15) is 5.69 Å². The number of halogens is 4. The number of ether oxygens (including phenoxy) is 1. The van der Waals surface area contributed by atoms with Crippen LogP contribution in [0.3, 0.4) is 0 Å². The molecule has 176 valence electrons. The van der Waals surface area contributed by atoms with Crippen LogP contribution in [0, 0.1) is 0 Å². The smallest absolute Gasteiger partial charge is 0.417 e. The van der Waals surface area contributed by atoms with E-state index in [-0.39, 0.29) is 28.6 Å². The van der Waals surface area contributed by atoms with Gasteiger partial charge in [0.15, 0.2) is 12.3 Å². The Kier molecular flexibility index (Phi) is 6.47. The summed E-state index contributed by atoms with van der Waals surface area (Å²) in [6, 6.07) is 16.2. The second-order valence-electron chi connectivity index (χ2n) is 7.68. The first-order chi connectivity index (χ1) is 16.1. The van der Waals surface area contributed by atoms with Gasteiger partial charge in [0.25, 0.3) is 5.91 Å².